The predicted molar refractivity (Wildman–Crippen MR) is 86.2 cm³/mol. The van der Waals surface area contributed by atoms with Gasteiger partial charge in [0, 0.05) is 12.6 Å². The van der Waals surface area contributed by atoms with Crippen LogP contribution in [0.1, 0.15) is 41.7 Å². The van der Waals surface area contributed by atoms with Crippen LogP contribution >= 0.6 is 0 Å². The fraction of sp³-hybridized carbons (Fsp3) is 0.294. The van der Waals surface area contributed by atoms with E-state index in [0.29, 0.717) is 11.4 Å². The van der Waals surface area contributed by atoms with Gasteiger partial charge in [0.25, 0.3) is 0 Å². The minimum Gasteiger partial charge on any atom is -0.503 e. The molecule has 2 N–H and O–H groups in total. The lowest BCUT2D eigenvalue weighted by Crippen LogP contribution is -2.17. The molecule has 1 heterocycles. The number of esters is 1. The second kappa shape index (κ2) is 6.66. The number of nitrogens with zero attached hydrogens (tertiary/aromatic N) is 1. The molecular formula is C17H19NO6. The number of hydrogen-bond acceptors (Lipinski definition) is 6. The monoisotopic (exact) mass is 333 g/mol. The average molecular weight is 333 g/mol. The van der Waals surface area contributed by atoms with E-state index in [1.807, 2.05) is 0 Å². The van der Waals surface area contributed by atoms with Gasteiger partial charge in [0.05, 0.1) is 13.2 Å². The molecule has 2 aromatic rings. The van der Waals surface area contributed by atoms with Crippen LogP contribution < -0.4 is 4.74 Å². The van der Waals surface area contributed by atoms with Crippen molar-refractivity contribution in [2.75, 3.05) is 7.11 Å². The maximum atomic E-state index is 12.3. The van der Waals surface area contributed by atoms with E-state index in [9.17, 15) is 19.8 Å². The first-order valence-corrected chi connectivity index (χ1v) is 7.30. The van der Waals surface area contributed by atoms with Gasteiger partial charge in [-0.05, 0) is 38.1 Å². The quantitative estimate of drug-likeness (QED) is 0.645. The molecule has 0 fully saturated rings. The molecule has 0 spiro atoms. The lowest BCUT2D eigenvalue weighted by molar-refractivity contribution is 0.0364. The number of ketones is 1. The molecule has 0 aliphatic rings. The second-order valence-corrected chi connectivity index (χ2v) is 5.44. The van der Waals surface area contributed by atoms with Crippen LogP contribution in [0, 0.1) is 0 Å². The van der Waals surface area contributed by atoms with E-state index in [-0.39, 0.29) is 11.4 Å². The zero-order chi connectivity index (χ0) is 18.0. The topological polar surface area (TPSA) is 98.0 Å². The van der Waals surface area contributed by atoms with E-state index in [4.69, 9.17) is 9.47 Å². The smallest absolute Gasteiger partial charge is 0.359 e. The first-order chi connectivity index (χ1) is 11.3. The van der Waals surface area contributed by atoms with Crippen LogP contribution in [-0.4, -0.2) is 39.7 Å². The van der Waals surface area contributed by atoms with E-state index >= 15 is 0 Å². The number of Topliss-reactive ketones (excluding diaryl/α,β-unsaturated/α-hetero) is 1. The third kappa shape index (κ3) is 3.05. The normalized spacial score (nSPS) is 10.7. The zero-order valence-corrected chi connectivity index (χ0v) is 13.9. The van der Waals surface area contributed by atoms with Crippen LogP contribution in [0.3, 0.4) is 0 Å². The van der Waals surface area contributed by atoms with Crippen LogP contribution in [0.25, 0.3) is 5.69 Å². The first-order valence-electron chi connectivity index (χ1n) is 7.30. The van der Waals surface area contributed by atoms with Crippen molar-refractivity contribution in [3.05, 3.63) is 35.7 Å². The Balaban J connectivity index is 2.72. The summed E-state index contributed by atoms with van der Waals surface area (Å²) in [5.41, 5.74) is -0.114. The Morgan fingerprint density at radius 3 is 2.04 bits per heavy atom. The molecule has 2 rings (SSSR count). The number of benzene rings is 1. The Labute approximate surface area is 139 Å². The van der Waals surface area contributed by atoms with Gasteiger partial charge in [-0.25, -0.2) is 4.79 Å². The summed E-state index contributed by atoms with van der Waals surface area (Å²) >= 11 is 0. The molecule has 0 saturated carbocycles. The number of aromatic hydroxyl groups is 2. The van der Waals surface area contributed by atoms with Crippen LogP contribution in [0.2, 0.25) is 0 Å². The fourth-order valence-corrected chi connectivity index (χ4v) is 2.32. The Morgan fingerprint density at radius 2 is 1.58 bits per heavy atom. The van der Waals surface area contributed by atoms with Crippen molar-refractivity contribution in [3.8, 4) is 22.9 Å². The van der Waals surface area contributed by atoms with Gasteiger partial charge in [0.2, 0.25) is 0 Å². The van der Waals surface area contributed by atoms with E-state index < -0.39 is 29.4 Å². The van der Waals surface area contributed by atoms with Crippen molar-refractivity contribution in [1.82, 2.24) is 4.57 Å². The number of rotatable bonds is 5. The molecule has 7 heteroatoms. The van der Waals surface area contributed by atoms with Crippen LogP contribution in [-0.2, 0) is 4.74 Å². The SMILES string of the molecule is COc1ccc(-n2c(C(C)=O)c(O)c(O)c2C(=O)OC(C)C)cc1. The average Bonchev–Trinajstić information content (AvgIpc) is 2.79. The number of hydrogen-bond donors (Lipinski definition) is 2. The summed E-state index contributed by atoms with van der Waals surface area (Å²) < 4.78 is 11.4. The van der Waals surface area contributed by atoms with Gasteiger partial charge in [-0.3, -0.25) is 9.36 Å². The molecule has 24 heavy (non-hydrogen) atoms. The Kier molecular flexibility index (Phi) is 4.82. The summed E-state index contributed by atoms with van der Waals surface area (Å²) in [6, 6.07) is 6.45. The highest BCUT2D eigenvalue weighted by atomic mass is 16.5. The first kappa shape index (κ1) is 17.4. The number of carbonyl (C=O) groups excluding carboxylic acids is 2. The summed E-state index contributed by atoms with van der Waals surface area (Å²) in [4.78, 5) is 24.3. The summed E-state index contributed by atoms with van der Waals surface area (Å²) in [6.07, 6.45) is -0.431. The van der Waals surface area contributed by atoms with Crippen molar-refractivity contribution in [3.63, 3.8) is 0 Å². The Morgan fingerprint density at radius 1 is 1.04 bits per heavy atom. The van der Waals surface area contributed by atoms with Gasteiger partial charge >= 0.3 is 5.97 Å². The molecule has 0 radical (unpaired) electrons. The number of carbonyl (C=O) groups is 2. The largest absolute Gasteiger partial charge is 0.503 e. The highest BCUT2D eigenvalue weighted by Gasteiger charge is 2.31. The fourth-order valence-electron chi connectivity index (χ4n) is 2.32. The molecular weight excluding hydrogens is 314 g/mol. The van der Waals surface area contributed by atoms with Crippen molar-refractivity contribution >= 4 is 11.8 Å². The molecule has 0 atom stereocenters. The number of methoxy groups -OCH3 is 1. The molecule has 7 nitrogen and oxygen atoms in total. The number of aromatic nitrogens is 1. The predicted octanol–water partition coefficient (Wildman–Crippen LogP) is 2.66. The minimum absolute atomic E-state index is 0.201. The standard InChI is InChI=1S/C17H19NO6/c1-9(2)24-17(22)14-16(21)15(20)13(10(3)19)18(14)11-5-7-12(23-4)8-6-11/h5-9,20-21H,1-4H3. The highest BCUT2D eigenvalue weighted by molar-refractivity contribution is 6.02. The van der Waals surface area contributed by atoms with Crippen LogP contribution in [0.15, 0.2) is 24.3 Å². The van der Waals surface area contributed by atoms with Crippen molar-refractivity contribution in [2.45, 2.75) is 26.9 Å². The molecule has 0 bridgehead atoms. The van der Waals surface area contributed by atoms with Crippen molar-refractivity contribution < 1.29 is 29.3 Å². The summed E-state index contributed by atoms with van der Waals surface area (Å²) in [5.74, 6) is -2.13. The van der Waals surface area contributed by atoms with E-state index in [2.05, 4.69) is 0 Å². The van der Waals surface area contributed by atoms with Gasteiger partial charge in [-0.2, -0.15) is 0 Å². The molecule has 128 valence electrons. The lowest BCUT2D eigenvalue weighted by atomic mass is 10.2. The molecule has 0 unspecified atom stereocenters. The Hall–Kier alpha value is -2.96. The van der Waals surface area contributed by atoms with Crippen molar-refractivity contribution in [1.29, 1.82) is 0 Å². The van der Waals surface area contributed by atoms with Gasteiger partial charge in [-0.1, -0.05) is 0 Å². The molecule has 0 aliphatic heterocycles. The summed E-state index contributed by atoms with van der Waals surface area (Å²) in [6.45, 7) is 4.54. The lowest BCUT2D eigenvalue weighted by Gasteiger charge is -2.13. The summed E-state index contributed by atoms with van der Waals surface area (Å²) in [5, 5.41) is 20.2. The van der Waals surface area contributed by atoms with Gasteiger partial charge in [0.1, 0.15) is 11.4 Å². The number of ether oxygens (including phenoxy) is 2. The molecule has 0 amide bonds. The van der Waals surface area contributed by atoms with Gasteiger partial charge < -0.3 is 19.7 Å². The second-order valence-electron chi connectivity index (χ2n) is 5.44. The van der Waals surface area contributed by atoms with Crippen molar-refractivity contribution in [2.24, 2.45) is 0 Å². The molecule has 1 aromatic carbocycles. The summed E-state index contributed by atoms with van der Waals surface area (Å²) in [7, 11) is 1.51. The van der Waals surface area contributed by atoms with E-state index in [1.54, 1.807) is 38.1 Å². The molecule has 1 aromatic heterocycles. The highest BCUT2D eigenvalue weighted by Crippen LogP contribution is 2.39. The third-order valence-corrected chi connectivity index (χ3v) is 3.32. The van der Waals surface area contributed by atoms with Crippen LogP contribution in [0.4, 0.5) is 0 Å². The molecule has 0 saturated heterocycles. The van der Waals surface area contributed by atoms with Gasteiger partial charge in [-0.15, -0.1) is 0 Å². The van der Waals surface area contributed by atoms with Gasteiger partial charge in [0.15, 0.2) is 23.0 Å². The third-order valence-electron chi connectivity index (χ3n) is 3.32. The van der Waals surface area contributed by atoms with Crippen LogP contribution in [0.5, 0.6) is 17.2 Å². The maximum absolute atomic E-state index is 12.3. The minimum atomic E-state index is -0.846. The molecule has 0 aliphatic carbocycles. The Bertz CT molecular complexity index is 773. The van der Waals surface area contributed by atoms with E-state index in [1.165, 1.54) is 18.6 Å². The maximum Gasteiger partial charge on any atom is 0.359 e. The van der Waals surface area contributed by atoms with E-state index in [0.717, 1.165) is 0 Å². The zero-order valence-electron chi connectivity index (χ0n) is 13.9.